The molecule has 0 spiro atoms. The molecule has 2 bridgehead atoms. The van der Waals surface area contributed by atoms with Gasteiger partial charge in [-0.25, -0.2) is 6.07 Å². The van der Waals surface area contributed by atoms with Crippen LogP contribution in [0.25, 0.3) is 0 Å². The average Bonchev–Trinajstić information content (AvgIpc) is 3.30. The first-order valence-corrected chi connectivity index (χ1v) is 9.95. The largest absolute Gasteiger partial charge is 0.202 e. The number of benzene rings is 2. The van der Waals surface area contributed by atoms with Gasteiger partial charge in [-0.2, -0.15) is 17.2 Å². The number of hydrogen-bond donors (Lipinski definition) is 0. The third-order valence-electron chi connectivity index (χ3n) is 5.54. The van der Waals surface area contributed by atoms with Gasteiger partial charge in [-0.15, -0.1) is 5.30 Å². The molecule has 0 radical (unpaired) electrons. The average molecular weight is 315 g/mol. The van der Waals surface area contributed by atoms with Gasteiger partial charge in [0.15, 0.2) is 0 Å². The van der Waals surface area contributed by atoms with Crippen LogP contribution in [0.15, 0.2) is 72.8 Å². The van der Waals surface area contributed by atoms with Crippen LogP contribution in [-0.2, 0) is 0 Å². The molecule has 0 N–H and O–H groups in total. The van der Waals surface area contributed by atoms with E-state index in [9.17, 15) is 0 Å². The highest BCUT2D eigenvalue weighted by molar-refractivity contribution is 7.79. The topological polar surface area (TPSA) is 0 Å². The second kappa shape index (κ2) is 5.39. The Morgan fingerprint density at radius 2 is 1.39 bits per heavy atom. The minimum absolute atomic E-state index is 0.424. The Bertz CT molecular complexity index is 749. The summed E-state index contributed by atoms with van der Waals surface area (Å²) in [6, 6.07) is 27.2. The second-order valence-electron chi connectivity index (χ2n) is 6.84. The molecular weight excluding hydrogens is 295 g/mol. The Kier molecular flexibility index (Phi) is 3.20. The van der Waals surface area contributed by atoms with Gasteiger partial charge in [0, 0.05) is 0 Å². The van der Waals surface area contributed by atoms with Crippen molar-refractivity contribution in [1.82, 2.24) is 0 Å². The van der Waals surface area contributed by atoms with E-state index in [-0.39, 0.29) is 0 Å². The van der Waals surface area contributed by atoms with Gasteiger partial charge in [-0.3, -0.25) is 0 Å². The molecular formula is C22H20P-. The molecule has 2 aliphatic carbocycles. The zero-order valence-corrected chi connectivity index (χ0v) is 14.0. The first-order valence-electron chi connectivity index (χ1n) is 8.61. The predicted octanol–water partition coefficient (Wildman–Crippen LogP) is 4.53. The van der Waals surface area contributed by atoms with Crippen LogP contribution in [0, 0.1) is 0 Å². The van der Waals surface area contributed by atoms with Crippen LogP contribution in [-0.4, -0.2) is 0 Å². The van der Waals surface area contributed by atoms with Gasteiger partial charge in [0.2, 0.25) is 0 Å². The van der Waals surface area contributed by atoms with Gasteiger partial charge in [-0.1, -0.05) is 79.4 Å². The summed E-state index contributed by atoms with van der Waals surface area (Å²) < 4.78 is 0. The molecule has 23 heavy (non-hydrogen) atoms. The van der Waals surface area contributed by atoms with Crippen molar-refractivity contribution in [2.75, 3.05) is 0 Å². The maximum atomic E-state index is 2.55. The van der Waals surface area contributed by atoms with E-state index in [2.05, 4.69) is 72.8 Å². The molecule has 1 heteroatoms. The zero-order chi connectivity index (χ0) is 15.2. The van der Waals surface area contributed by atoms with E-state index in [0.717, 1.165) is 11.8 Å². The van der Waals surface area contributed by atoms with Crippen molar-refractivity contribution in [3.63, 3.8) is 0 Å². The van der Waals surface area contributed by atoms with E-state index in [1.807, 2.05) is 0 Å². The van der Waals surface area contributed by atoms with Gasteiger partial charge in [0.25, 0.3) is 0 Å². The summed E-state index contributed by atoms with van der Waals surface area (Å²) in [4.78, 5) is 0. The summed E-state index contributed by atoms with van der Waals surface area (Å²) in [6.07, 6.45) is 4.24. The first kappa shape index (κ1) is 13.6. The van der Waals surface area contributed by atoms with Crippen molar-refractivity contribution in [2.24, 2.45) is 0 Å². The van der Waals surface area contributed by atoms with Crippen LogP contribution < -0.4 is 15.9 Å². The Morgan fingerprint density at radius 1 is 0.783 bits per heavy atom. The quantitative estimate of drug-likeness (QED) is 0.492. The lowest BCUT2D eigenvalue weighted by Gasteiger charge is -2.22. The molecule has 0 nitrogen and oxygen atoms in total. The second-order valence-corrected chi connectivity index (χ2v) is 9.06. The minimum atomic E-state index is -0.424. The lowest BCUT2D eigenvalue weighted by Crippen LogP contribution is -2.19. The Labute approximate surface area is 139 Å². The molecule has 0 aromatic heterocycles. The molecule has 2 unspecified atom stereocenters. The van der Waals surface area contributed by atoms with E-state index < -0.39 is 7.92 Å². The first-order chi connectivity index (χ1) is 11.4. The highest BCUT2D eigenvalue weighted by Crippen LogP contribution is 2.54. The highest BCUT2D eigenvalue weighted by Gasteiger charge is 2.32. The predicted molar refractivity (Wildman–Crippen MR) is 100 cm³/mol. The zero-order valence-electron chi connectivity index (χ0n) is 13.2. The van der Waals surface area contributed by atoms with Crippen LogP contribution in [0.3, 0.4) is 0 Å². The third kappa shape index (κ3) is 2.20. The van der Waals surface area contributed by atoms with E-state index in [4.69, 9.17) is 0 Å². The van der Waals surface area contributed by atoms with Crippen molar-refractivity contribution >= 4 is 23.8 Å². The molecule has 0 aliphatic heterocycles. The van der Waals surface area contributed by atoms with Crippen LogP contribution in [0.1, 0.15) is 42.2 Å². The van der Waals surface area contributed by atoms with Crippen molar-refractivity contribution in [3.8, 4) is 0 Å². The molecule has 0 saturated heterocycles. The smallest absolute Gasteiger partial charge is 0.0171 e. The van der Waals surface area contributed by atoms with E-state index in [1.54, 1.807) is 16.4 Å². The maximum absolute atomic E-state index is 2.55. The minimum Gasteiger partial charge on any atom is -0.202 e. The van der Waals surface area contributed by atoms with Gasteiger partial charge >= 0.3 is 0 Å². The fourth-order valence-electron chi connectivity index (χ4n) is 4.51. The van der Waals surface area contributed by atoms with Crippen molar-refractivity contribution in [2.45, 2.75) is 31.1 Å². The summed E-state index contributed by atoms with van der Waals surface area (Å²) in [5, 5.41) is 4.48. The molecule has 1 fully saturated rings. The van der Waals surface area contributed by atoms with Crippen LogP contribution >= 0.6 is 7.92 Å². The SMILES string of the molecule is c1ccc(P(c2ccccc2)c2cc3c([cH-]2)C2CCC3C2)cc1. The summed E-state index contributed by atoms with van der Waals surface area (Å²) in [7, 11) is -0.424. The van der Waals surface area contributed by atoms with Crippen molar-refractivity contribution < 1.29 is 0 Å². The van der Waals surface area contributed by atoms with Gasteiger partial charge in [0.05, 0.1) is 0 Å². The fraction of sp³-hybridized carbons (Fsp3) is 0.227. The molecule has 0 heterocycles. The number of rotatable bonds is 3. The molecule has 2 aliphatic rings. The highest BCUT2D eigenvalue weighted by atomic mass is 31.1. The van der Waals surface area contributed by atoms with E-state index >= 15 is 0 Å². The molecule has 1 saturated carbocycles. The number of hydrogen-bond acceptors (Lipinski definition) is 0. The molecule has 3 aromatic rings. The van der Waals surface area contributed by atoms with Crippen molar-refractivity contribution in [3.05, 3.63) is 83.9 Å². The van der Waals surface area contributed by atoms with Crippen LogP contribution in [0.5, 0.6) is 0 Å². The molecule has 114 valence electrons. The summed E-state index contributed by atoms with van der Waals surface area (Å²) in [5.74, 6) is 1.71. The summed E-state index contributed by atoms with van der Waals surface area (Å²) >= 11 is 0. The standard InChI is InChI=1S/C22H20P/c1-3-7-18(8-4-1)23(19-9-5-2-6-10-19)20-14-21-16-11-12-17(13-16)22(21)15-20/h1-10,14-17H,11-13H2/q-1. The van der Waals surface area contributed by atoms with E-state index in [1.165, 1.54) is 29.9 Å². The maximum Gasteiger partial charge on any atom is -0.0171 e. The molecule has 0 amide bonds. The summed E-state index contributed by atoms with van der Waals surface area (Å²) in [5.41, 5.74) is 3.35. The van der Waals surface area contributed by atoms with Crippen LogP contribution in [0.2, 0.25) is 0 Å². The fourth-order valence-corrected chi connectivity index (χ4v) is 6.88. The molecule has 5 rings (SSSR count). The normalized spacial score (nSPS) is 21.8. The van der Waals surface area contributed by atoms with Crippen LogP contribution in [0.4, 0.5) is 0 Å². The number of fused-ring (bicyclic) bond motifs is 5. The Hall–Kier alpha value is -1.78. The third-order valence-corrected chi connectivity index (χ3v) is 7.94. The van der Waals surface area contributed by atoms with Crippen molar-refractivity contribution in [1.29, 1.82) is 0 Å². The Balaban J connectivity index is 1.64. The van der Waals surface area contributed by atoms with Gasteiger partial charge in [-0.05, 0) is 30.9 Å². The lowest BCUT2D eigenvalue weighted by molar-refractivity contribution is 0.722. The van der Waals surface area contributed by atoms with Gasteiger partial charge in [0.1, 0.15) is 0 Å². The monoisotopic (exact) mass is 315 g/mol. The molecule has 2 atom stereocenters. The van der Waals surface area contributed by atoms with Gasteiger partial charge < -0.3 is 0 Å². The summed E-state index contributed by atoms with van der Waals surface area (Å²) in [6.45, 7) is 0. The lowest BCUT2D eigenvalue weighted by atomic mass is 9.96. The Morgan fingerprint density at radius 3 is 2.00 bits per heavy atom. The molecule has 3 aromatic carbocycles. The van der Waals surface area contributed by atoms with E-state index in [0.29, 0.717) is 0 Å².